The van der Waals surface area contributed by atoms with Gasteiger partial charge in [0.05, 0.1) is 11.3 Å². The summed E-state index contributed by atoms with van der Waals surface area (Å²) in [6, 6.07) is 10.9. The first-order valence-electron chi connectivity index (χ1n) is 9.85. The fraction of sp³-hybridized carbons (Fsp3) is 0.348. The van der Waals surface area contributed by atoms with E-state index in [0.717, 1.165) is 18.8 Å². The number of hydrogen-bond donors (Lipinski definition) is 2. The number of fused-ring (bicyclic) bond motifs is 1. The quantitative estimate of drug-likeness (QED) is 0.736. The van der Waals surface area contributed by atoms with Crippen molar-refractivity contribution in [1.29, 1.82) is 0 Å². The Morgan fingerprint density at radius 3 is 2.64 bits per heavy atom. The van der Waals surface area contributed by atoms with Crippen LogP contribution in [0, 0.1) is 24.6 Å². The number of aryl methyl sites for hydroxylation is 1. The third kappa shape index (κ3) is 3.49. The van der Waals surface area contributed by atoms with E-state index in [0.29, 0.717) is 28.7 Å². The molecule has 2 N–H and O–H groups in total. The number of carbonyl (C=O) groups excluding carboxylic acids is 1. The van der Waals surface area contributed by atoms with Crippen molar-refractivity contribution in [2.24, 2.45) is 11.8 Å². The van der Waals surface area contributed by atoms with Crippen molar-refractivity contribution < 1.29 is 9.18 Å². The average Bonchev–Trinajstić information content (AvgIpc) is 2.95. The summed E-state index contributed by atoms with van der Waals surface area (Å²) in [5.41, 5.74) is 4.47. The molecule has 5 heteroatoms. The smallest absolute Gasteiger partial charge is 0.257 e. The maximum Gasteiger partial charge on any atom is 0.257 e. The number of nitrogens with zero attached hydrogens (tertiary/aromatic N) is 1. The zero-order valence-electron chi connectivity index (χ0n) is 16.6. The van der Waals surface area contributed by atoms with Crippen molar-refractivity contribution in [2.45, 2.75) is 27.2 Å². The fourth-order valence-corrected chi connectivity index (χ4v) is 4.46. The van der Waals surface area contributed by atoms with Crippen molar-refractivity contribution in [3.8, 4) is 0 Å². The minimum absolute atomic E-state index is 0.294. The minimum Gasteiger partial charge on any atom is -0.371 e. The van der Waals surface area contributed by atoms with Gasteiger partial charge in [-0.05, 0) is 61.1 Å². The number of hydrogen-bond acceptors (Lipinski definition) is 3. The number of halogens is 1. The third-order valence-electron chi connectivity index (χ3n) is 5.57. The van der Waals surface area contributed by atoms with Crippen LogP contribution in [0.1, 0.15) is 31.4 Å². The molecule has 0 saturated carbocycles. The monoisotopic (exact) mass is 379 g/mol. The van der Waals surface area contributed by atoms with E-state index < -0.39 is 5.82 Å². The van der Waals surface area contributed by atoms with Gasteiger partial charge < -0.3 is 15.5 Å². The molecule has 0 aromatic heterocycles. The number of amides is 1. The van der Waals surface area contributed by atoms with Crippen LogP contribution < -0.4 is 15.5 Å². The highest BCUT2D eigenvalue weighted by Gasteiger charge is 2.27. The molecule has 2 aromatic rings. The molecule has 2 unspecified atom stereocenters. The van der Waals surface area contributed by atoms with E-state index in [9.17, 15) is 9.18 Å². The third-order valence-corrected chi connectivity index (χ3v) is 5.57. The van der Waals surface area contributed by atoms with Crippen molar-refractivity contribution in [2.75, 3.05) is 28.6 Å². The van der Waals surface area contributed by atoms with Crippen LogP contribution in [0.15, 0.2) is 42.6 Å². The van der Waals surface area contributed by atoms with Crippen molar-refractivity contribution in [1.82, 2.24) is 0 Å². The van der Waals surface area contributed by atoms with Crippen LogP contribution in [-0.4, -0.2) is 19.0 Å². The first-order chi connectivity index (χ1) is 13.4. The Morgan fingerprint density at radius 1 is 1.18 bits per heavy atom. The standard InChI is InChI=1S/C23H26FN3O/c1-14-9-15(2)13-27(12-14)21-8-7-17(10-16(21)3)25-11-18-22-19(24)5-4-6-20(22)26-23(18)28/h4-8,10-11,14-15,25H,9,12-13H2,1-3H3,(H,26,28)/b18-11+. The summed E-state index contributed by atoms with van der Waals surface area (Å²) >= 11 is 0. The van der Waals surface area contributed by atoms with Crippen molar-refractivity contribution >= 4 is 28.5 Å². The Hall–Kier alpha value is -2.82. The van der Waals surface area contributed by atoms with E-state index in [-0.39, 0.29) is 5.91 Å². The minimum atomic E-state index is -0.399. The van der Waals surface area contributed by atoms with Gasteiger partial charge in [0.1, 0.15) is 5.82 Å². The molecule has 2 aliphatic rings. The molecular weight excluding hydrogens is 353 g/mol. The van der Waals surface area contributed by atoms with Gasteiger partial charge in [-0.2, -0.15) is 0 Å². The van der Waals surface area contributed by atoms with Gasteiger partial charge in [-0.25, -0.2) is 4.39 Å². The lowest BCUT2D eigenvalue weighted by Crippen LogP contribution is -2.39. The van der Waals surface area contributed by atoms with Crippen LogP contribution in [0.25, 0.3) is 5.57 Å². The second-order valence-corrected chi connectivity index (χ2v) is 8.17. The molecule has 1 fully saturated rings. The average molecular weight is 379 g/mol. The SMILES string of the molecule is Cc1cc(N/C=C2/C(=O)Nc3cccc(F)c32)ccc1N1CC(C)CC(C)C1. The van der Waals surface area contributed by atoms with Crippen LogP contribution in [0.4, 0.5) is 21.5 Å². The number of benzene rings is 2. The molecule has 1 saturated heterocycles. The van der Waals surface area contributed by atoms with Crippen LogP contribution in [0.5, 0.6) is 0 Å². The largest absolute Gasteiger partial charge is 0.371 e. The Labute approximate surface area is 165 Å². The molecule has 0 spiro atoms. The molecule has 2 heterocycles. The van der Waals surface area contributed by atoms with E-state index in [1.807, 2.05) is 6.07 Å². The maximum atomic E-state index is 14.2. The van der Waals surface area contributed by atoms with Gasteiger partial charge >= 0.3 is 0 Å². The molecule has 146 valence electrons. The van der Waals surface area contributed by atoms with Gasteiger partial charge in [-0.15, -0.1) is 0 Å². The number of nitrogens with one attached hydrogen (secondary N) is 2. The Bertz CT molecular complexity index is 943. The lowest BCUT2D eigenvalue weighted by molar-refractivity contribution is -0.110. The van der Waals surface area contributed by atoms with Gasteiger partial charge in [-0.1, -0.05) is 19.9 Å². The fourth-order valence-electron chi connectivity index (χ4n) is 4.46. The van der Waals surface area contributed by atoms with Gasteiger partial charge in [0, 0.05) is 36.2 Å². The molecule has 28 heavy (non-hydrogen) atoms. The molecule has 4 nitrogen and oxygen atoms in total. The van der Waals surface area contributed by atoms with E-state index in [1.54, 1.807) is 18.3 Å². The van der Waals surface area contributed by atoms with Gasteiger partial charge in [0.15, 0.2) is 0 Å². The second-order valence-electron chi connectivity index (χ2n) is 8.17. The second kappa shape index (κ2) is 7.30. The molecule has 4 rings (SSSR count). The number of carbonyl (C=O) groups is 1. The van der Waals surface area contributed by atoms with E-state index in [1.165, 1.54) is 23.7 Å². The lowest BCUT2D eigenvalue weighted by Gasteiger charge is -2.37. The number of anilines is 3. The summed E-state index contributed by atoms with van der Waals surface area (Å²) < 4.78 is 14.2. The Morgan fingerprint density at radius 2 is 1.93 bits per heavy atom. The number of piperidine rings is 1. The highest BCUT2D eigenvalue weighted by atomic mass is 19.1. The maximum absolute atomic E-state index is 14.2. The van der Waals surface area contributed by atoms with Gasteiger partial charge in [0.25, 0.3) is 5.91 Å². The zero-order valence-corrected chi connectivity index (χ0v) is 16.6. The van der Waals surface area contributed by atoms with Crippen LogP contribution in [0.2, 0.25) is 0 Å². The zero-order chi connectivity index (χ0) is 19.8. The van der Waals surface area contributed by atoms with Crippen LogP contribution in [0.3, 0.4) is 0 Å². The van der Waals surface area contributed by atoms with Crippen LogP contribution in [-0.2, 0) is 4.79 Å². The van der Waals surface area contributed by atoms with Crippen molar-refractivity contribution in [3.63, 3.8) is 0 Å². The summed E-state index contributed by atoms with van der Waals surface area (Å²) in [7, 11) is 0. The first kappa shape index (κ1) is 18.5. The van der Waals surface area contributed by atoms with E-state index in [4.69, 9.17) is 0 Å². The summed E-state index contributed by atoms with van der Waals surface area (Å²) in [4.78, 5) is 14.7. The Kier molecular flexibility index (Phi) is 4.84. The highest BCUT2D eigenvalue weighted by Crippen LogP contribution is 2.34. The summed E-state index contributed by atoms with van der Waals surface area (Å²) in [5, 5.41) is 5.87. The van der Waals surface area contributed by atoms with Crippen molar-refractivity contribution in [3.05, 3.63) is 59.5 Å². The molecule has 1 amide bonds. The molecular formula is C23H26FN3O. The predicted octanol–water partition coefficient (Wildman–Crippen LogP) is 5.02. The highest BCUT2D eigenvalue weighted by molar-refractivity contribution is 6.31. The summed E-state index contributed by atoms with van der Waals surface area (Å²) in [6.07, 6.45) is 2.87. The molecule has 2 atom stereocenters. The molecule has 0 radical (unpaired) electrons. The normalized spacial score (nSPS) is 22.9. The van der Waals surface area contributed by atoms with E-state index in [2.05, 4.69) is 48.4 Å². The summed E-state index contributed by atoms with van der Waals surface area (Å²) in [5.74, 6) is 0.698. The lowest BCUT2D eigenvalue weighted by atomic mass is 9.91. The summed E-state index contributed by atoms with van der Waals surface area (Å²) in [6.45, 7) is 8.89. The molecule has 2 aliphatic heterocycles. The molecule has 0 aliphatic carbocycles. The predicted molar refractivity (Wildman–Crippen MR) is 113 cm³/mol. The molecule has 2 aromatic carbocycles. The first-order valence-corrected chi connectivity index (χ1v) is 9.85. The topological polar surface area (TPSA) is 44.4 Å². The number of rotatable bonds is 3. The van der Waals surface area contributed by atoms with Crippen LogP contribution >= 0.6 is 0 Å². The Balaban J connectivity index is 1.55. The van der Waals surface area contributed by atoms with E-state index >= 15 is 0 Å². The van der Waals surface area contributed by atoms with Gasteiger partial charge in [0.2, 0.25) is 0 Å². The van der Waals surface area contributed by atoms with Gasteiger partial charge in [-0.3, -0.25) is 4.79 Å². The molecule has 0 bridgehead atoms.